The summed E-state index contributed by atoms with van der Waals surface area (Å²) in [4.78, 5) is 0. The third kappa shape index (κ3) is 4.72. The van der Waals surface area contributed by atoms with Crippen molar-refractivity contribution in [2.75, 3.05) is 26.4 Å². The quantitative estimate of drug-likeness (QED) is 0.607. The van der Waals surface area contributed by atoms with Gasteiger partial charge in [-0.3, -0.25) is 0 Å². The third-order valence-electron chi connectivity index (χ3n) is 5.59. The highest BCUT2D eigenvalue weighted by Gasteiger charge is 2.24. The predicted octanol–water partition coefficient (Wildman–Crippen LogP) is 4.81. The molecule has 29 heavy (non-hydrogen) atoms. The molecule has 2 saturated heterocycles. The fourth-order valence-corrected chi connectivity index (χ4v) is 3.60. The van der Waals surface area contributed by atoms with Crippen molar-refractivity contribution in [3.8, 4) is 11.5 Å². The Morgan fingerprint density at radius 1 is 0.793 bits per heavy atom. The molecule has 0 aromatic heterocycles. The van der Waals surface area contributed by atoms with E-state index in [4.69, 9.17) is 18.9 Å². The van der Waals surface area contributed by atoms with Crippen LogP contribution in [0.25, 0.3) is 11.1 Å². The largest absolute Gasteiger partial charge is 0.491 e. The van der Waals surface area contributed by atoms with Crippen LogP contribution < -0.4 is 9.47 Å². The molecule has 0 spiro atoms. The highest BCUT2D eigenvalue weighted by Crippen LogP contribution is 2.34. The SMILES string of the molecule is Cc1cc(C2=CC=C(c3ccc(OCC4CO4)cc3)CC2)ccc1OCC1CO1. The average molecular weight is 390 g/mol. The summed E-state index contributed by atoms with van der Waals surface area (Å²) in [5.74, 6) is 1.86. The number of allylic oxidation sites excluding steroid dienone is 4. The summed E-state index contributed by atoms with van der Waals surface area (Å²) < 4.78 is 22.0. The molecule has 0 N–H and O–H groups in total. The van der Waals surface area contributed by atoms with Crippen molar-refractivity contribution in [2.45, 2.75) is 32.0 Å². The van der Waals surface area contributed by atoms with Gasteiger partial charge in [-0.05, 0) is 71.9 Å². The molecule has 2 heterocycles. The van der Waals surface area contributed by atoms with Crippen molar-refractivity contribution in [3.05, 3.63) is 71.3 Å². The van der Waals surface area contributed by atoms with Crippen molar-refractivity contribution < 1.29 is 18.9 Å². The molecule has 150 valence electrons. The zero-order chi connectivity index (χ0) is 19.6. The lowest BCUT2D eigenvalue weighted by Crippen LogP contribution is -2.05. The van der Waals surface area contributed by atoms with Crippen LogP contribution in [0.1, 0.15) is 29.5 Å². The topological polar surface area (TPSA) is 43.5 Å². The van der Waals surface area contributed by atoms with E-state index in [0.29, 0.717) is 13.2 Å². The van der Waals surface area contributed by atoms with Gasteiger partial charge in [-0.25, -0.2) is 0 Å². The summed E-state index contributed by atoms with van der Waals surface area (Å²) in [5, 5.41) is 0. The Morgan fingerprint density at radius 3 is 1.97 bits per heavy atom. The molecule has 2 aromatic carbocycles. The minimum atomic E-state index is 0.284. The fraction of sp³-hybridized carbons (Fsp3) is 0.360. The lowest BCUT2D eigenvalue weighted by atomic mass is 9.89. The Labute approximate surface area is 171 Å². The highest BCUT2D eigenvalue weighted by atomic mass is 16.6. The first kappa shape index (κ1) is 18.5. The summed E-state index contributed by atoms with van der Waals surface area (Å²) in [6.07, 6.45) is 7.15. The third-order valence-corrected chi connectivity index (χ3v) is 5.59. The van der Waals surface area contributed by atoms with Gasteiger partial charge < -0.3 is 18.9 Å². The molecule has 0 bridgehead atoms. The molecule has 2 aromatic rings. The molecule has 0 radical (unpaired) electrons. The van der Waals surface area contributed by atoms with E-state index in [1.165, 1.54) is 27.8 Å². The van der Waals surface area contributed by atoms with E-state index in [1.807, 2.05) is 12.1 Å². The van der Waals surface area contributed by atoms with Crippen LogP contribution >= 0.6 is 0 Å². The fourth-order valence-electron chi connectivity index (χ4n) is 3.60. The van der Waals surface area contributed by atoms with Gasteiger partial charge in [-0.15, -0.1) is 0 Å². The lowest BCUT2D eigenvalue weighted by Gasteiger charge is -2.17. The molecule has 0 saturated carbocycles. The summed E-state index contributed by atoms with van der Waals surface area (Å²) in [6.45, 7) is 5.04. The van der Waals surface area contributed by atoms with E-state index in [-0.39, 0.29) is 12.2 Å². The van der Waals surface area contributed by atoms with Gasteiger partial charge in [-0.2, -0.15) is 0 Å². The molecule has 2 fully saturated rings. The first-order valence-corrected chi connectivity index (χ1v) is 10.3. The van der Waals surface area contributed by atoms with Gasteiger partial charge in [-0.1, -0.05) is 30.4 Å². The Hall–Kier alpha value is -2.56. The minimum Gasteiger partial charge on any atom is -0.491 e. The van der Waals surface area contributed by atoms with Crippen LogP contribution in [0.4, 0.5) is 0 Å². The summed E-state index contributed by atoms with van der Waals surface area (Å²) in [6, 6.07) is 14.9. The molecule has 2 unspecified atom stereocenters. The number of aryl methyl sites for hydroxylation is 1. The van der Waals surface area contributed by atoms with Crippen LogP contribution in [-0.2, 0) is 9.47 Å². The predicted molar refractivity (Wildman–Crippen MR) is 113 cm³/mol. The molecular weight excluding hydrogens is 364 g/mol. The summed E-state index contributed by atoms with van der Waals surface area (Å²) in [7, 11) is 0. The van der Waals surface area contributed by atoms with E-state index in [0.717, 1.165) is 37.6 Å². The van der Waals surface area contributed by atoms with Gasteiger partial charge in [0.15, 0.2) is 0 Å². The normalized spacial score (nSPS) is 22.5. The van der Waals surface area contributed by atoms with Gasteiger partial charge in [0.2, 0.25) is 0 Å². The maximum absolute atomic E-state index is 5.85. The van der Waals surface area contributed by atoms with Crippen LogP contribution in [0.5, 0.6) is 11.5 Å². The number of hydrogen-bond donors (Lipinski definition) is 0. The van der Waals surface area contributed by atoms with Crippen molar-refractivity contribution in [2.24, 2.45) is 0 Å². The van der Waals surface area contributed by atoms with E-state index in [9.17, 15) is 0 Å². The number of rotatable bonds is 8. The molecule has 3 aliphatic rings. The molecular formula is C25H26O4. The minimum absolute atomic E-state index is 0.284. The summed E-state index contributed by atoms with van der Waals surface area (Å²) in [5.41, 5.74) is 6.45. The van der Waals surface area contributed by atoms with Crippen LogP contribution in [0, 0.1) is 6.92 Å². The Balaban J connectivity index is 1.24. The van der Waals surface area contributed by atoms with Crippen molar-refractivity contribution in [1.29, 1.82) is 0 Å². The standard InChI is InChI=1S/C25H26O4/c1-17-12-21(8-11-25(17)29-16-24-15-28-24)20-4-2-18(3-5-20)19-6-9-22(10-7-19)26-13-23-14-27-23/h2,4,6-12,23-24H,3,5,13-16H2,1H3. The van der Waals surface area contributed by atoms with Crippen LogP contribution in [0.15, 0.2) is 54.6 Å². The molecule has 5 rings (SSSR count). The Morgan fingerprint density at radius 2 is 1.38 bits per heavy atom. The number of ether oxygens (including phenoxy) is 4. The lowest BCUT2D eigenvalue weighted by molar-refractivity contribution is 0.262. The second-order valence-electron chi connectivity index (χ2n) is 7.92. The first-order valence-electron chi connectivity index (χ1n) is 10.3. The van der Waals surface area contributed by atoms with Gasteiger partial charge in [0, 0.05) is 0 Å². The number of benzene rings is 2. The first-order chi connectivity index (χ1) is 14.2. The molecule has 2 atom stereocenters. The zero-order valence-electron chi connectivity index (χ0n) is 16.7. The van der Waals surface area contributed by atoms with Crippen molar-refractivity contribution in [1.82, 2.24) is 0 Å². The van der Waals surface area contributed by atoms with Gasteiger partial charge in [0.1, 0.15) is 36.9 Å². The highest BCUT2D eigenvalue weighted by molar-refractivity contribution is 5.78. The molecule has 0 amide bonds. The van der Waals surface area contributed by atoms with E-state index >= 15 is 0 Å². The van der Waals surface area contributed by atoms with Gasteiger partial charge in [0.25, 0.3) is 0 Å². The molecule has 2 aliphatic heterocycles. The van der Waals surface area contributed by atoms with E-state index in [1.54, 1.807) is 0 Å². The zero-order valence-corrected chi connectivity index (χ0v) is 16.7. The Kier molecular flexibility index (Phi) is 5.13. The number of hydrogen-bond acceptors (Lipinski definition) is 4. The number of epoxide rings is 2. The Bertz CT molecular complexity index is 934. The molecule has 4 nitrogen and oxygen atoms in total. The van der Waals surface area contributed by atoms with Crippen molar-refractivity contribution in [3.63, 3.8) is 0 Å². The van der Waals surface area contributed by atoms with Crippen LogP contribution in [0.3, 0.4) is 0 Å². The smallest absolute Gasteiger partial charge is 0.122 e. The second kappa shape index (κ2) is 8.05. The summed E-state index contributed by atoms with van der Waals surface area (Å²) >= 11 is 0. The monoisotopic (exact) mass is 390 g/mol. The maximum atomic E-state index is 5.85. The van der Waals surface area contributed by atoms with Gasteiger partial charge in [0.05, 0.1) is 13.2 Å². The van der Waals surface area contributed by atoms with Gasteiger partial charge >= 0.3 is 0 Å². The van der Waals surface area contributed by atoms with E-state index < -0.39 is 0 Å². The average Bonchev–Trinajstić information content (AvgIpc) is 3.67. The van der Waals surface area contributed by atoms with Crippen LogP contribution in [-0.4, -0.2) is 38.6 Å². The second-order valence-corrected chi connectivity index (χ2v) is 7.92. The molecule has 4 heteroatoms. The van der Waals surface area contributed by atoms with Crippen LogP contribution in [0.2, 0.25) is 0 Å². The molecule has 1 aliphatic carbocycles. The maximum Gasteiger partial charge on any atom is 0.122 e. The van der Waals surface area contributed by atoms with Crippen molar-refractivity contribution >= 4 is 11.1 Å². The van der Waals surface area contributed by atoms with E-state index in [2.05, 4.69) is 49.4 Å².